The molecule has 3 aromatic rings. The Morgan fingerprint density at radius 1 is 1.12 bits per heavy atom. The molecule has 0 spiro atoms. The normalized spacial score (nSPS) is 15.4. The molecule has 1 fully saturated rings. The number of hydrogen-bond donors (Lipinski definition) is 1. The second-order valence-electron chi connectivity index (χ2n) is 11.5. The van der Waals surface area contributed by atoms with Gasteiger partial charge in [0, 0.05) is 61.2 Å². The van der Waals surface area contributed by atoms with Crippen molar-refractivity contribution >= 4 is 29.2 Å². The van der Waals surface area contributed by atoms with Crippen LogP contribution in [-0.4, -0.2) is 64.5 Å². The summed E-state index contributed by atoms with van der Waals surface area (Å²) in [5, 5.41) is 7.82. The lowest BCUT2D eigenvalue weighted by atomic mass is 9.97. The van der Waals surface area contributed by atoms with Crippen molar-refractivity contribution in [2.45, 2.75) is 58.1 Å². The summed E-state index contributed by atoms with van der Waals surface area (Å²) in [4.78, 5) is 31.3. The Kier molecular flexibility index (Phi) is 8.09. The van der Waals surface area contributed by atoms with Gasteiger partial charge in [-0.25, -0.2) is 4.79 Å². The van der Waals surface area contributed by atoms with Gasteiger partial charge >= 0.3 is 6.09 Å². The van der Waals surface area contributed by atoms with Crippen LogP contribution in [0.15, 0.2) is 42.9 Å². The summed E-state index contributed by atoms with van der Waals surface area (Å²) in [6.45, 7) is 6.92. The van der Waals surface area contributed by atoms with Gasteiger partial charge in [0.2, 0.25) is 0 Å². The fourth-order valence-corrected chi connectivity index (χ4v) is 5.58. The molecule has 9 nitrogen and oxygen atoms in total. The Morgan fingerprint density at radius 3 is 2.56 bits per heavy atom. The predicted molar refractivity (Wildman–Crippen MR) is 158 cm³/mol. The van der Waals surface area contributed by atoms with Crippen LogP contribution in [-0.2, 0) is 17.6 Å². The van der Waals surface area contributed by atoms with Gasteiger partial charge < -0.3 is 19.7 Å². The maximum Gasteiger partial charge on any atom is 0.410 e. The van der Waals surface area contributed by atoms with Crippen molar-refractivity contribution in [1.82, 2.24) is 25.0 Å². The zero-order chi connectivity index (χ0) is 29.3. The summed E-state index contributed by atoms with van der Waals surface area (Å²) in [6, 6.07) is 5.84. The number of aromatic nitrogens is 3. The Morgan fingerprint density at radius 2 is 1.88 bits per heavy atom. The third kappa shape index (κ3) is 6.25. The molecular weight excluding hydrogens is 542 g/mol. The summed E-state index contributed by atoms with van der Waals surface area (Å²) in [6.07, 6.45) is 10.6. The number of pyridine rings is 1. The van der Waals surface area contributed by atoms with Crippen LogP contribution in [0, 0.1) is 0 Å². The number of benzene rings is 1. The van der Waals surface area contributed by atoms with Gasteiger partial charge in [-0.05, 0) is 69.4 Å². The number of nitrogens with one attached hydrogen (secondary N) is 1. The molecule has 1 aliphatic carbocycles. The Hall–Kier alpha value is -3.85. The number of rotatable bonds is 6. The smallest absolute Gasteiger partial charge is 0.410 e. The number of carbonyl (C=O) groups is 2. The van der Waals surface area contributed by atoms with Crippen molar-refractivity contribution in [2.75, 3.05) is 27.2 Å². The first-order valence-corrected chi connectivity index (χ1v) is 14.2. The fourth-order valence-electron chi connectivity index (χ4n) is 5.33. The van der Waals surface area contributed by atoms with E-state index in [0.717, 1.165) is 52.8 Å². The minimum atomic E-state index is -0.501. The fraction of sp³-hybridized carbons (Fsp3) is 0.419. The molecule has 2 amide bonds. The maximum absolute atomic E-state index is 12.4. The lowest BCUT2D eigenvalue weighted by molar-refractivity contribution is 0.0184. The number of ether oxygens (including phenoxy) is 2. The van der Waals surface area contributed by atoms with E-state index in [2.05, 4.69) is 28.8 Å². The molecule has 0 radical (unpaired) electrons. The van der Waals surface area contributed by atoms with Crippen LogP contribution in [0.1, 0.15) is 66.8 Å². The number of allylic oxidation sites excluding steroid dienone is 2. The average Bonchev–Trinajstić information content (AvgIpc) is 3.60. The molecule has 2 aliphatic rings. The SMILES string of the molecule is CNC(=O)c1cc(CC2=CCc3ncc(-c4cnn(C5CCN(C(=O)OC(C)(C)C)CC5)c4)cc32)c(Cl)c(OC)c1. The second-order valence-corrected chi connectivity index (χ2v) is 11.8. The molecule has 2 aromatic heterocycles. The minimum Gasteiger partial charge on any atom is -0.495 e. The van der Waals surface area contributed by atoms with Gasteiger partial charge in [0.05, 0.1) is 30.1 Å². The number of carbonyl (C=O) groups excluding carboxylic acids is 2. The van der Waals surface area contributed by atoms with Crippen LogP contribution in [0.3, 0.4) is 0 Å². The first-order valence-electron chi connectivity index (χ1n) is 13.9. The molecule has 0 saturated carbocycles. The van der Waals surface area contributed by atoms with E-state index in [1.165, 1.54) is 0 Å². The first kappa shape index (κ1) is 28.7. The van der Waals surface area contributed by atoms with Crippen LogP contribution in [0.2, 0.25) is 5.02 Å². The molecule has 10 heteroatoms. The highest BCUT2D eigenvalue weighted by atomic mass is 35.5. The molecule has 1 aliphatic heterocycles. The van der Waals surface area contributed by atoms with Gasteiger partial charge in [-0.15, -0.1) is 0 Å². The summed E-state index contributed by atoms with van der Waals surface area (Å²) in [5.41, 5.74) is 5.97. The number of methoxy groups -OCH3 is 1. The molecule has 41 heavy (non-hydrogen) atoms. The highest BCUT2D eigenvalue weighted by molar-refractivity contribution is 6.33. The summed E-state index contributed by atoms with van der Waals surface area (Å²) in [5.74, 6) is 0.274. The number of fused-ring (bicyclic) bond motifs is 1. The molecular formula is C31H36ClN5O4. The molecule has 216 valence electrons. The van der Waals surface area contributed by atoms with E-state index in [-0.39, 0.29) is 18.0 Å². The number of likely N-dealkylation sites (tertiary alicyclic amines) is 1. The molecule has 0 atom stereocenters. The monoisotopic (exact) mass is 577 g/mol. The summed E-state index contributed by atoms with van der Waals surface area (Å²) in [7, 11) is 3.14. The van der Waals surface area contributed by atoms with Crippen molar-refractivity contribution in [3.8, 4) is 16.9 Å². The van der Waals surface area contributed by atoms with Crippen molar-refractivity contribution in [1.29, 1.82) is 0 Å². The molecule has 1 aromatic carbocycles. The number of halogens is 1. The number of nitrogens with zero attached hydrogens (tertiary/aromatic N) is 4. The van der Waals surface area contributed by atoms with Crippen LogP contribution in [0.5, 0.6) is 5.75 Å². The molecule has 3 heterocycles. The van der Waals surface area contributed by atoms with E-state index in [9.17, 15) is 9.59 Å². The topological polar surface area (TPSA) is 98.6 Å². The van der Waals surface area contributed by atoms with Gasteiger partial charge in [0.15, 0.2) is 0 Å². The van der Waals surface area contributed by atoms with Gasteiger partial charge in [0.1, 0.15) is 11.4 Å². The van der Waals surface area contributed by atoms with Crippen molar-refractivity contribution in [3.63, 3.8) is 0 Å². The van der Waals surface area contributed by atoms with E-state index in [1.807, 2.05) is 43.9 Å². The van der Waals surface area contributed by atoms with E-state index < -0.39 is 5.60 Å². The van der Waals surface area contributed by atoms with Crippen LogP contribution in [0.4, 0.5) is 4.79 Å². The lowest BCUT2D eigenvalue weighted by Gasteiger charge is -2.33. The zero-order valence-corrected chi connectivity index (χ0v) is 24.9. The summed E-state index contributed by atoms with van der Waals surface area (Å²) < 4.78 is 13.0. The average molecular weight is 578 g/mol. The number of hydrogen-bond acceptors (Lipinski definition) is 6. The Balaban J connectivity index is 1.31. The molecule has 0 unspecified atom stereocenters. The van der Waals surface area contributed by atoms with E-state index in [1.54, 1.807) is 25.1 Å². The van der Waals surface area contributed by atoms with E-state index >= 15 is 0 Å². The minimum absolute atomic E-state index is 0.196. The first-order chi connectivity index (χ1) is 19.6. The van der Waals surface area contributed by atoms with Crippen LogP contribution < -0.4 is 10.1 Å². The van der Waals surface area contributed by atoms with Crippen molar-refractivity contribution in [2.24, 2.45) is 0 Å². The number of amides is 2. The van der Waals surface area contributed by atoms with Gasteiger partial charge in [0.25, 0.3) is 5.91 Å². The van der Waals surface area contributed by atoms with Crippen molar-refractivity contribution < 1.29 is 19.1 Å². The van der Waals surface area contributed by atoms with Crippen LogP contribution in [0.25, 0.3) is 16.7 Å². The molecule has 1 N–H and O–H groups in total. The number of piperidine rings is 1. The van der Waals surface area contributed by atoms with Gasteiger partial charge in [-0.1, -0.05) is 17.7 Å². The zero-order valence-electron chi connectivity index (χ0n) is 24.2. The predicted octanol–water partition coefficient (Wildman–Crippen LogP) is 5.72. The highest BCUT2D eigenvalue weighted by Crippen LogP contribution is 2.37. The molecule has 1 saturated heterocycles. The Bertz CT molecular complexity index is 1500. The Labute approximate surface area is 245 Å². The highest BCUT2D eigenvalue weighted by Gasteiger charge is 2.28. The maximum atomic E-state index is 12.4. The second kappa shape index (κ2) is 11.6. The standard InChI is InChI=1S/C31H36ClN5O4/c1-31(2,3)41-30(39)36-10-8-24(9-11-36)37-18-23(17-35-37)22-14-25-19(6-7-26(25)34-16-22)12-20-13-21(29(38)33-4)15-27(40-5)28(20)32/h6,13-18,24H,7-12H2,1-5H3,(H,33,38). The van der Waals surface area contributed by atoms with E-state index in [0.29, 0.717) is 35.8 Å². The lowest BCUT2D eigenvalue weighted by Crippen LogP contribution is -2.42. The summed E-state index contributed by atoms with van der Waals surface area (Å²) >= 11 is 6.65. The third-order valence-electron chi connectivity index (χ3n) is 7.49. The largest absolute Gasteiger partial charge is 0.495 e. The third-order valence-corrected chi connectivity index (χ3v) is 7.92. The molecule has 0 bridgehead atoms. The molecule has 5 rings (SSSR count). The van der Waals surface area contributed by atoms with Gasteiger partial charge in [-0.2, -0.15) is 5.10 Å². The van der Waals surface area contributed by atoms with Crippen molar-refractivity contribution in [3.05, 3.63) is 70.3 Å². The quantitative estimate of drug-likeness (QED) is 0.402. The van der Waals surface area contributed by atoms with Crippen LogP contribution >= 0.6 is 11.6 Å². The van der Waals surface area contributed by atoms with E-state index in [4.69, 9.17) is 26.1 Å². The van der Waals surface area contributed by atoms with Gasteiger partial charge in [-0.3, -0.25) is 14.5 Å².